The van der Waals surface area contributed by atoms with Gasteiger partial charge in [-0.05, 0) is 54.7 Å². The van der Waals surface area contributed by atoms with Crippen LogP contribution in [0.4, 0.5) is 10.1 Å². The van der Waals surface area contributed by atoms with E-state index in [2.05, 4.69) is 13.8 Å². The van der Waals surface area contributed by atoms with Crippen LogP contribution in [0.5, 0.6) is 0 Å². The molecule has 0 fully saturated rings. The van der Waals surface area contributed by atoms with Crippen LogP contribution in [0, 0.1) is 15.9 Å². The van der Waals surface area contributed by atoms with E-state index < -0.39 is 28.4 Å². The van der Waals surface area contributed by atoms with E-state index in [1.165, 1.54) is 22.0 Å². The number of thiazole rings is 1. The van der Waals surface area contributed by atoms with Crippen molar-refractivity contribution < 1.29 is 23.3 Å². The lowest BCUT2D eigenvalue weighted by Gasteiger charge is -2.26. The van der Waals surface area contributed by atoms with Crippen LogP contribution in [-0.2, 0) is 9.53 Å². The zero-order chi connectivity index (χ0) is 30.8. The van der Waals surface area contributed by atoms with Gasteiger partial charge >= 0.3 is 11.7 Å². The molecule has 43 heavy (non-hydrogen) atoms. The number of rotatable bonds is 9. The number of benzene rings is 2. The van der Waals surface area contributed by atoms with Gasteiger partial charge in [-0.15, -0.1) is 0 Å². The van der Waals surface area contributed by atoms with Gasteiger partial charge in [0, 0.05) is 17.7 Å². The Morgan fingerprint density at radius 2 is 1.93 bits per heavy atom. The summed E-state index contributed by atoms with van der Waals surface area (Å²) in [6, 6.07) is 13.9. The fourth-order valence-electron chi connectivity index (χ4n) is 5.02. The van der Waals surface area contributed by atoms with Crippen LogP contribution in [0.15, 0.2) is 80.1 Å². The molecule has 0 saturated carbocycles. The van der Waals surface area contributed by atoms with Crippen LogP contribution in [0.3, 0.4) is 0 Å². The lowest BCUT2D eigenvalue weighted by Crippen LogP contribution is -2.40. The van der Waals surface area contributed by atoms with Crippen molar-refractivity contribution in [2.24, 2.45) is 4.99 Å². The highest BCUT2D eigenvalue weighted by Gasteiger charge is 2.34. The largest absolute Gasteiger partial charge is 0.463 e. The molecular weight excluding hydrogens is 573 g/mol. The number of allylic oxidation sites excluding steroid dienone is 1. The van der Waals surface area contributed by atoms with Crippen molar-refractivity contribution in [3.63, 3.8) is 0 Å². The van der Waals surface area contributed by atoms with E-state index in [-0.39, 0.29) is 17.9 Å². The Morgan fingerprint density at radius 1 is 1.19 bits per heavy atom. The maximum Gasteiger partial charge on any atom is 0.338 e. The van der Waals surface area contributed by atoms with Crippen molar-refractivity contribution in [1.29, 1.82) is 0 Å². The summed E-state index contributed by atoms with van der Waals surface area (Å²) in [5, 5.41) is 11.2. The van der Waals surface area contributed by atoms with Crippen LogP contribution in [0.2, 0.25) is 0 Å². The van der Waals surface area contributed by atoms with Crippen LogP contribution in [-0.4, -0.2) is 22.1 Å². The Kier molecular flexibility index (Phi) is 8.54. The van der Waals surface area contributed by atoms with Gasteiger partial charge in [0.25, 0.3) is 5.56 Å². The fraction of sp³-hybridized carbons (Fsp3) is 0.281. The first-order valence-corrected chi connectivity index (χ1v) is 14.8. The number of fused-ring (bicyclic) bond motifs is 1. The van der Waals surface area contributed by atoms with Crippen molar-refractivity contribution in [3.05, 3.63) is 118 Å². The second kappa shape index (κ2) is 12.3. The predicted octanol–water partition coefficient (Wildman–Crippen LogP) is 6.01. The molecule has 0 bridgehead atoms. The van der Waals surface area contributed by atoms with Gasteiger partial charge in [0.15, 0.2) is 4.80 Å². The topological polar surface area (TPSA) is 117 Å². The monoisotopic (exact) mass is 603 g/mol. The number of carbonyl (C=O) groups excluding carboxylic acids is 1. The highest BCUT2D eigenvalue weighted by atomic mass is 32.1. The molecule has 0 spiro atoms. The van der Waals surface area contributed by atoms with Crippen molar-refractivity contribution in [3.8, 4) is 11.3 Å². The van der Waals surface area contributed by atoms with Crippen molar-refractivity contribution in [2.45, 2.75) is 52.5 Å². The van der Waals surface area contributed by atoms with Gasteiger partial charge in [0.2, 0.25) is 5.82 Å². The molecule has 222 valence electrons. The van der Waals surface area contributed by atoms with Crippen molar-refractivity contribution >= 4 is 29.1 Å². The molecule has 4 aromatic rings. The molecule has 9 nitrogen and oxygen atoms in total. The Morgan fingerprint density at radius 3 is 2.58 bits per heavy atom. The number of nitrogens with zero attached hydrogens (tertiary/aromatic N) is 3. The Hall–Kier alpha value is -4.64. The van der Waals surface area contributed by atoms with Crippen LogP contribution in [0.25, 0.3) is 17.4 Å². The van der Waals surface area contributed by atoms with E-state index in [1.54, 1.807) is 25.1 Å². The highest BCUT2D eigenvalue weighted by molar-refractivity contribution is 7.07. The number of ether oxygens (including phenoxy) is 1. The summed E-state index contributed by atoms with van der Waals surface area (Å²) in [6.45, 7) is 8.11. The van der Waals surface area contributed by atoms with Gasteiger partial charge in [-0.1, -0.05) is 62.8 Å². The molecule has 0 amide bonds. The van der Waals surface area contributed by atoms with E-state index in [9.17, 15) is 24.1 Å². The van der Waals surface area contributed by atoms with Crippen LogP contribution < -0.4 is 14.9 Å². The highest BCUT2D eigenvalue weighted by Crippen LogP contribution is 2.33. The zero-order valence-corrected chi connectivity index (χ0v) is 24.9. The van der Waals surface area contributed by atoms with E-state index in [1.807, 2.05) is 31.2 Å². The molecule has 0 radical (unpaired) electrons. The smallest absolute Gasteiger partial charge is 0.338 e. The molecule has 11 heteroatoms. The summed E-state index contributed by atoms with van der Waals surface area (Å²) in [5.74, 6) is -0.541. The van der Waals surface area contributed by atoms with Gasteiger partial charge in [-0.25, -0.2) is 9.79 Å². The number of aromatic nitrogens is 1. The van der Waals surface area contributed by atoms with Gasteiger partial charge in [-0.3, -0.25) is 19.5 Å². The summed E-state index contributed by atoms with van der Waals surface area (Å²) in [4.78, 5) is 42.9. The first kappa shape index (κ1) is 29.8. The molecule has 5 rings (SSSR count). The standard InChI is InChI=1S/C32H30FN3O6S/c1-5-7-24-28(31(38)41-6-2)29(20-10-8-19(9-11-20)18(3)4)35-30(37)27(43-32(35)34-24)17-22-13-15-26(42-22)21-12-14-23(33)25(16-21)36(39)40/h8-18,29H,5-7H2,1-4H3/b27-17-/t29-/m0/s1. The van der Waals surface area contributed by atoms with E-state index in [0.29, 0.717) is 44.3 Å². The summed E-state index contributed by atoms with van der Waals surface area (Å²) < 4.78 is 27.0. The van der Waals surface area contributed by atoms with Crippen molar-refractivity contribution in [1.82, 2.24) is 4.57 Å². The predicted molar refractivity (Wildman–Crippen MR) is 161 cm³/mol. The molecule has 0 N–H and O–H groups in total. The van der Waals surface area contributed by atoms with Gasteiger partial charge < -0.3 is 9.15 Å². The third-order valence-electron chi connectivity index (χ3n) is 7.14. The zero-order valence-electron chi connectivity index (χ0n) is 24.1. The lowest BCUT2D eigenvalue weighted by atomic mass is 9.92. The first-order chi connectivity index (χ1) is 20.6. The van der Waals surface area contributed by atoms with E-state index in [4.69, 9.17) is 14.1 Å². The molecule has 3 heterocycles. The van der Waals surface area contributed by atoms with Crippen molar-refractivity contribution in [2.75, 3.05) is 6.61 Å². The minimum Gasteiger partial charge on any atom is -0.463 e. The normalized spacial score (nSPS) is 15.0. The third-order valence-corrected chi connectivity index (χ3v) is 8.12. The molecule has 2 aromatic carbocycles. The Labute approximate surface area is 250 Å². The molecule has 0 saturated heterocycles. The fourth-order valence-corrected chi connectivity index (χ4v) is 6.02. The SMILES string of the molecule is CCCC1=C(C(=O)OCC)[C@H](c2ccc(C(C)C)cc2)n2c(s/c(=C\c3ccc(-c4ccc(F)c([N+](=O)[O-])c4)o3)c2=O)=N1. The summed E-state index contributed by atoms with van der Waals surface area (Å²) in [6.07, 6.45) is 2.84. The maximum absolute atomic E-state index is 14.0. The number of carbonyl (C=O) groups is 1. The second-order valence-electron chi connectivity index (χ2n) is 10.4. The van der Waals surface area contributed by atoms with Crippen LogP contribution >= 0.6 is 11.3 Å². The molecular formula is C32H30FN3O6S. The average Bonchev–Trinajstić information content (AvgIpc) is 3.57. The van der Waals surface area contributed by atoms with Gasteiger partial charge in [-0.2, -0.15) is 4.39 Å². The summed E-state index contributed by atoms with van der Waals surface area (Å²) in [5.41, 5.74) is 2.14. The number of nitro groups is 1. The Bertz CT molecular complexity index is 1920. The summed E-state index contributed by atoms with van der Waals surface area (Å²) >= 11 is 1.18. The number of furan rings is 1. The van der Waals surface area contributed by atoms with E-state index >= 15 is 0 Å². The molecule has 1 aliphatic rings. The van der Waals surface area contributed by atoms with Gasteiger partial charge in [0.1, 0.15) is 11.5 Å². The molecule has 0 aliphatic carbocycles. The quantitative estimate of drug-likeness (QED) is 0.131. The molecule has 0 unspecified atom stereocenters. The Balaban J connectivity index is 1.64. The summed E-state index contributed by atoms with van der Waals surface area (Å²) in [7, 11) is 0. The third kappa shape index (κ3) is 5.85. The average molecular weight is 604 g/mol. The van der Waals surface area contributed by atoms with Crippen LogP contribution in [0.1, 0.15) is 69.4 Å². The first-order valence-electron chi connectivity index (χ1n) is 14.0. The number of hydrogen-bond acceptors (Lipinski definition) is 8. The maximum atomic E-state index is 14.0. The minimum atomic E-state index is -0.945. The van der Waals surface area contributed by atoms with Gasteiger partial charge in [0.05, 0.1) is 33.4 Å². The molecule has 1 atom stereocenters. The number of nitro benzene ring substituents is 1. The number of esters is 1. The minimum absolute atomic E-state index is 0.184. The lowest BCUT2D eigenvalue weighted by molar-refractivity contribution is -0.387. The number of halogens is 1. The second-order valence-corrected chi connectivity index (χ2v) is 11.4. The molecule has 2 aromatic heterocycles. The van der Waals surface area contributed by atoms with E-state index in [0.717, 1.165) is 29.7 Å². The number of hydrogen-bond donors (Lipinski definition) is 0. The molecule has 1 aliphatic heterocycles.